The fourth-order valence-electron chi connectivity index (χ4n) is 3.53. The number of rotatable bonds is 4. The van der Waals surface area contributed by atoms with Crippen molar-refractivity contribution in [2.45, 2.75) is 54.2 Å². The Morgan fingerprint density at radius 3 is 2.43 bits per heavy atom. The van der Waals surface area contributed by atoms with Crippen LogP contribution in [-0.4, -0.2) is 19.2 Å². The van der Waals surface area contributed by atoms with E-state index in [0.29, 0.717) is 12.2 Å². The summed E-state index contributed by atoms with van der Waals surface area (Å²) in [5.74, 6) is 0.137. The second kappa shape index (κ2) is 7.21. The third kappa shape index (κ3) is 3.76. The zero-order valence-corrected chi connectivity index (χ0v) is 17.9. The molecule has 0 bridgehead atoms. The highest BCUT2D eigenvalue weighted by Gasteiger charge is 2.20. The molecule has 0 amide bonds. The molecule has 0 radical (unpaired) electrons. The van der Waals surface area contributed by atoms with Crippen molar-refractivity contribution >= 4 is 11.2 Å². The number of benzene rings is 1. The smallest absolute Gasteiger partial charge is 0.330 e. The van der Waals surface area contributed by atoms with Crippen LogP contribution in [0.15, 0.2) is 35.1 Å². The maximum Gasteiger partial charge on any atom is 0.330 e. The van der Waals surface area contributed by atoms with E-state index in [1.54, 1.807) is 16.2 Å². The number of aromatic nitrogens is 3. The summed E-state index contributed by atoms with van der Waals surface area (Å²) >= 11 is 0. The highest BCUT2D eigenvalue weighted by Crippen LogP contribution is 2.30. The highest BCUT2D eigenvalue weighted by atomic mass is 16.3. The fraction of sp³-hybridized carbons (Fsp3) is 0.478. The van der Waals surface area contributed by atoms with Crippen molar-refractivity contribution in [3.05, 3.63) is 51.9 Å². The molecule has 0 aliphatic rings. The van der Waals surface area contributed by atoms with Crippen LogP contribution in [0.1, 0.15) is 51.8 Å². The lowest BCUT2D eigenvalue weighted by Crippen LogP contribution is -2.27. The Labute approximate surface area is 166 Å². The third-order valence-electron chi connectivity index (χ3n) is 5.12. The molecule has 0 saturated carbocycles. The van der Waals surface area contributed by atoms with Crippen LogP contribution in [0.3, 0.4) is 0 Å². The Bertz CT molecular complexity index is 1070. The molecule has 2 aromatic heterocycles. The van der Waals surface area contributed by atoms with Gasteiger partial charge in [-0.3, -0.25) is 9.13 Å². The van der Waals surface area contributed by atoms with Gasteiger partial charge in [-0.15, -0.1) is 0 Å². The predicted octanol–water partition coefficient (Wildman–Crippen LogP) is 4.45. The normalized spacial score (nSPS) is 13.5. The van der Waals surface area contributed by atoms with Gasteiger partial charge in [0.25, 0.3) is 0 Å². The minimum absolute atomic E-state index is 0.00527. The minimum atomic E-state index is -0.514. The molecule has 150 valence electrons. The van der Waals surface area contributed by atoms with Gasteiger partial charge in [-0.05, 0) is 47.6 Å². The minimum Gasteiger partial charge on any atom is -0.388 e. The van der Waals surface area contributed by atoms with E-state index < -0.39 is 6.10 Å². The molecule has 1 atom stereocenters. The van der Waals surface area contributed by atoms with Gasteiger partial charge in [0.1, 0.15) is 0 Å². The summed E-state index contributed by atoms with van der Waals surface area (Å²) in [6, 6.07) is 9.95. The van der Waals surface area contributed by atoms with Gasteiger partial charge in [0, 0.05) is 19.2 Å². The van der Waals surface area contributed by atoms with Gasteiger partial charge in [0.15, 0.2) is 5.65 Å². The number of hydrogen-bond acceptors (Lipinski definition) is 3. The van der Waals surface area contributed by atoms with Crippen molar-refractivity contribution in [2.75, 3.05) is 0 Å². The monoisotopic (exact) mass is 381 g/mol. The van der Waals surface area contributed by atoms with E-state index in [4.69, 9.17) is 4.98 Å². The van der Waals surface area contributed by atoms with Gasteiger partial charge in [0.05, 0.1) is 17.3 Å². The van der Waals surface area contributed by atoms with Crippen LogP contribution in [0, 0.1) is 18.3 Å². The summed E-state index contributed by atoms with van der Waals surface area (Å²) < 4.78 is 3.42. The molecule has 5 heteroatoms. The Hall–Kier alpha value is -2.40. The second-order valence-electron chi connectivity index (χ2n) is 9.29. The number of hydrogen-bond donors (Lipinski definition) is 1. The number of aliphatic hydroxyl groups is 1. The quantitative estimate of drug-likeness (QED) is 0.726. The summed E-state index contributed by atoms with van der Waals surface area (Å²) in [5, 5.41) is 10.5. The standard InChI is InChI=1S/C23H31N3O2/c1-14(2)20(27)16-9-8-15(3)17(12-16)18-10-11-19-21(24-18)25(7)22(28)26(19)13-23(4,5)6/h8-12,14,20,27H,13H2,1-7H3. The zero-order chi connectivity index (χ0) is 20.8. The molecule has 0 fully saturated rings. The Balaban J connectivity index is 2.15. The number of imidazole rings is 1. The Kier molecular flexibility index (Phi) is 5.24. The van der Waals surface area contributed by atoms with Gasteiger partial charge >= 0.3 is 5.69 Å². The summed E-state index contributed by atoms with van der Waals surface area (Å²) in [4.78, 5) is 17.6. The number of fused-ring (bicyclic) bond motifs is 1. The van der Waals surface area contributed by atoms with Crippen LogP contribution in [0.5, 0.6) is 0 Å². The van der Waals surface area contributed by atoms with Crippen molar-refractivity contribution in [3.8, 4) is 11.3 Å². The summed E-state index contributed by atoms with van der Waals surface area (Å²) in [5.41, 5.74) is 5.25. The van der Waals surface area contributed by atoms with E-state index in [-0.39, 0.29) is 17.0 Å². The first kappa shape index (κ1) is 20.3. The molecule has 0 aliphatic carbocycles. The van der Waals surface area contributed by atoms with E-state index in [2.05, 4.69) is 20.8 Å². The van der Waals surface area contributed by atoms with Gasteiger partial charge in [-0.25, -0.2) is 9.78 Å². The van der Waals surface area contributed by atoms with Gasteiger partial charge in [-0.1, -0.05) is 46.8 Å². The van der Waals surface area contributed by atoms with Crippen LogP contribution in [0.2, 0.25) is 0 Å². The number of pyridine rings is 1. The Morgan fingerprint density at radius 2 is 1.82 bits per heavy atom. The molecule has 28 heavy (non-hydrogen) atoms. The molecule has 2 heterocycles. The lowest BCUT2D eigenvalue weighted by atomic mass is 9.94. The molecule has 0 aliphatic heterocycles. The summed E-state index contributed by atoms with van der Waals surface area (Å²) in [6.45, 7) is 13.0. The molecule has 3 rings (SSSR count). The number of nitrogens with zero attached hydrogens (tertiary/aromatic N) is 3. The van der Waals surface area contributed by atoms with Crippen molar-refractivity contribution in [1.29, 1.82) is 0 Å². The first-order valence-corrected chi connectivity index (χ1v) is 9.85. The van der Waals surface area contributed by atoms with E-state index in [0.717, 1.165) is 27.9 Å². The van der Waals surface area contributed by atoms with E-state index in [9.17, 15) is 9.90 Å². The maximum absolute atomic E-state index is 12.8. The van der Waals surface area contributed by atoms with Crippen molar-refractivity contribution in [2.24, 2.45) is 18.4 Å². The zero-order valence-electron chi connectivity index (χ0n) is 17.9. The molecular formula is C23H31N3O2. The molecule has 0 spiro atoms. The molecular weight excluding hydrogens is 350 g/mol. The number of aliphatic hydroxyl groups excluding tert-OH is 1. The molecule has 5 nitrogen and oxygen atoms in total. The van der Waals surface area contributed by atoms with Crippen LogP contribution in [0.4, 0.5) is 0 Å². The number of aryl methyl sites for hydroxylation is 2. The predicted molar refractivity (Wildman–Crippen MR) is 114 cm³/mol. The van der Waals surface area contributed by atoms with Gasteiger partial charge in [-0.2, -0.15) is 0 Å². The fourth-order valence-corrected chi connectivity index (χ4v) is 3.53. The van der Waals surface area contributed by atoms with E-state index >= 15 is 0 Å². The van der Waals surface area contributed by atoms with Crippen LogP contribution in [-0.2, 0) is 13.6 Å². The van der Waals surface area contributed by atoms with E-state index in [1.807, 2.05) is 51.1 Å². The lowest BCUT2D eigenvalue weighted by molar-refractivity contribution is 0.127. The maximum atomic E-state index is 12.8. The molecule has 0 saturated heterocycles. The summed E-state index contributed by atoms with van der Waals surface area (Å²) in [6.07, 6.45) is -0.514. The van der Waals surface area contributed by atoms with Crippen molar-refractivity contribution < 1.29 is 5.11 Å². The van der Waals surface area contributed by atoms with Gasteiger partial charge < -0.3 is 5.11 Å². The summed E-state index contributed by atoms with van der Waals surface area (Å²) in [7, 11) is 1.77. The topological polar surface area (TPSA) is 60.1 Å². The average Bonchev–Trinajstić information content (AvgIpc) is 2.84. The SMILES string of the molecule is Cc1ccc(C(O)C(C)C)cc1-c1ccc2c(n1)n(C)c(=O)n2CC(C)(C)C. The van der Waals surface area contributed by atoms with Crippen LogP contribution in [0.25, 0.3) is 22.4 Å². The first-order valence-electron chi connectivity index (χ1n) is 9.85. The van der Waals surface area contributed by atoms with Crippen molar-refractivity contribution in [1.82, 2.24) is 14.1 Å². The molecule has 3 aromatic rings. The third-order valence-corrected chi connectivity index (χ3v) is 5.12. The molecule has 1 N–H and O–H groups in total. The first-order chi connectivity index (χ1) is 13.0. The largest absolute Gasteiger partial charge is 0.388 e. The molecule has 1 unspecified atom stereocenters. The lowest BCUT2D eigenvalue weighted by Gasteiger charge is -2.18. The Morgan fingerprint density at radius 1 is 1.14 bits per heavy atom. The van der Waals surface area contributed by atoms with Crippen LogP contribution < -0.4 is 5.69 Å². The average molecular weight is 382 g/mol. The second-order valence-corrected chi connectivity index (χ2v) is 9.29. The van der Waals surface area contributed by atoms with E-state index in [1.165, 1.54) is 0 Å². The van der Waals surface area contributed by atoms with Gasteiger partial charge in [0.2, 0.25) is 0 Å². The molecule has 1 aromatic carbocycles. The highest BCUT2D eigenvalue weighted by molar-refractivity contribution is 5.77. The van der Waals surface area contributed by atoms with Crippen LogP contribution >= 0.6 is 0 Å². The van der Waals surface area contributed by atoms with Crippen molar-refractivity contribution in [3.63, 3.8) is 0 Å².